The summed E-state index contributed by atoms with van der Waals surface area (Å²) in [5.74, 6) is -3.36. The smallest absolute Gasteiger partial charge is 0.268 e. The summed E-state index contributed by atoms with van der Waals surface area (Å²) >= 11 is 0. The van der Waals surface area contributed by atoms with Crippen LogP contribution in [0.3, 0.4) is 0 Å². The number of nitrogens with one attached hydrogen (secondary N) is 1. The van der Waals surface area contributed by atoms with Crippen LogP contribution in [-0.2, 0) is 4.79 Å². The van der Waals surface area contributed by atoms with Gasteiger partial charge in [0.05, 0.1) is 19.2 Å². The SMILES string of the molecule is N#CC1CC(F)(F)CN1C(=O)CN1CC[C@H](Nc2ccc3ccccc3c2)C1. The van der Waals surface area contributed by atoms with Crippen LogP contribution >= 0.6 is 0 Å². The second-order valence-electron chi connectivity index (χ2n) is 7.65. The topological polar surface area (TPSA) is 59.4 Å². The van der Waals surface area contributed by atoms with Crippen LogP contribution in [0, 0.1) is 11.3 Å². The summed E-state index contributed by atoms with van der Waals surface area (Å²) in [5.41, 5.74) is 1.03. The summed E-state index contributed by atoms with van der Waals surface area (Å²) in [6.07, 6.45) is 0.305. The highest BCUT2D eigenvalue weighted by Gasteiger charge is 2.47. The van der Waals surface area contributed by atoms with Gasteiger partial charge in [0.2, 0.25) is 5.91 Å². The lowest BCUT2D eigenvalue weighted by Crippen LogP contribution is -2.43. The number of hydrogen-bond donors (Lipinski definition) is 1. The van der Waals surface area contributed by atoms with Gasteiger partial charge in [-0.15, -0.1) is 0 Å². The lowest BCUT2D eigenvalue weighted by molar-refractivity contribution is -0.133. The molecule has 2 heterocycles. The first-order chi connectivity index (χ1) is 13.4. The van der Waals surface area contributed by atoms with Gasteiger partial charge in [0.25, 0.3) is 5.92 Å². The average molecular weight is 384 g/mol. The third kappa shape index (κ3) is 3.92. The Hall–Kier alpha value is -2.72. The van der Waals surface area contributed by atoms with E-state index in [-0.39, 0.29) is 12.6 Å². The Balaban J connectivity index is 1.34. The van der Waals surface area contributed by atoms with Crippen molar-refractivity contribution in [3.8, 4) is 6.07 Å². The molecule has 0 saturated carbocycles. The molecule has 28 heavy (non-hydrogen) atoms. The van der Waals surface area contributed by atoms with Crippen LogP contribution in [0.25, 0.3) is 10.8 Å². The fourth-order valence-corrected chi connectivity index (χ4v) is 4.09. The summed E-state index contributed by atoms with van der Waals surface area (Å²) < 4.78 is 27.1. The molecule has 5 nitrogen and oxygen atoms in total. The molecule has 2 aliphatic heterocycles. The minimum absolute atomic E-state index is 0.0736. The normalized spacial score (nSPS) is 24.4. The van der Waals surface area contributed by atoms with Crippen LogP contribution in [0.15, 0.2) is 42.5 Å². The van der Waals surface area contributed by atoms with E-state index >= 15 is 0 Å². The molecule has 0 spiro atoms. The Morgan fingerprint density at radius 3 is 2.82 bits per heavy atom. The van der Waals surface area contributed by atoms with Crippen molar-refractivity contribution in [2.24, 2.45) is 0 Å². The van der Waals surface area contributed by atoms with Crippen molar-refractivity contribution in [1.82, 2.24) is 9.80 Å². The molecule has 2 fully saturated rings. The summed E-state index contributed by atoms with van der Waals surface area (Å²) in [6.45, 7) is 0.805. The van der Waals surface area contributed by atoms with Gasteiger partial charge in [-0.3, -0.25) is 9.69 Å². The van der Waals surface area contributed by atoms with Gasteiger partial charge in [-0.25, -0.2) is 8.78 Å². The van der Waals surface area contributed by atoms with E-state index in [0.29, 0.717) is 6.54 Å². The van der Waals surface area contributed by atoms with Crippen LogP contribution < -0.4 is 5.32 Å². The highest BCUT2D eigenvalue weighted by Crippen LogP contribution is 2.32. The van der Waals surface area contributed by atoms with Gasteiger partial charge in [-0.05, 0) is 29.3 Å². The molecule has 2 aliphatic rings. The standard InChI is InChI=1S/C21H22F2N4O/c22-21(23)10-19(11-24)27(14-21)20(28)13-26-8-7-18(12-26)25-17-6-5-15-3-1-2-4-16(15)9-17/h1-6,9,18-19,25H,7-8,10,12-14H2/t18-,19?/m0/s1. The molecule has 1 amide bonds. The molecule has 1 N–H and O–H groups in total. The predicted octanol–water partition coefficient (Wildman–Crippen LogP) is 3.09. The molecule has 2 aromatic rings. The maximum atomic E-state index is 13.6. The third-order valence-corrected chi connectivity index (χ3v) is 5.49. The van der Waals surface area contributed by atoms with E-state index in [1.54, 1.807) is 0 Å². The number of rotatable bonds is 4. The molecule has 1 unspecified atom stereocenters. The number of likely N-dealkylation sites (tertiary alicyclic amines) is 2. The van der Waals surface area contributed by atoms with E-state index in [9.17, 15) is 13.6 Å². The second kappa shape index (κ2) is 7.36. The van der Waals surface area contributed by atoms with E-state index in [4.69, 9.17) is 5.26 Å². The van der Waals surface area contributed by atoms with Crippen LogP contribution in [0.1, 0.15) is 12.8 Å². The van der Waals surface area contributed by atoms with Crippen LogP contribution in [0.4, 0.5) is 14.5 Å². The first-order valence-corrected chi connectivity index (χ1v) is 9.48. The van der Waals surface area contributed by atoms with Crippen molar-refractivity contribution in [2.75, 3.05) is 31.5 Å². The summed E-state index contributed by atoms with van der Waals surface area (Å²) in [4.78, 5) is 15.4. The monoisotopic (exact) mass is 384 g/mol. The maximum absolute atomic E-state index is 13.6. The Bertz CT molecular complexity index is 926. The number of fused-ring (bicyclic) bond motifs is 1. The number of halogens is 2. The lowest BCUT2D eigenvalue weighted by Gasteiger charge is -2.23. The fourth-order valence-electron chi connectivity index (χ4n) is 4.09. The van der Waals surface area contributed by atoms with E-state index in [2.05, 4.69) is 29.6 Å². The van der Waals surface area contributed by atoms with Gasteiger partial charge in [0, 0.05) is 31.2 Å². The summed E-state index contributed by atoms with van der Waals surface area (Å²) in [6, 6.07) is 15.4. The molecular formula is C21H22F2N4O. The second-order valence-corrected chi connectivity index (χ2v) is 7.65. The summed E-state index contributed by atoms with van der Waals surface area (Å²) in [7, 11) is 0. The van der Waals surface area contributed by atoms with Crippen LogP contribution in [0.2, 0.25) is 0 Å². The van der Waals surface area contributed by atoms with Crippen LogP contribution in [-0.4, -0.2) is 59.9 Å². The highest BCUT2D eigenvalue weighted by atomic mass is 19.3. The molecule has 146 valence electrons. The molecule has 0 bridgehead atoms. The zero-order valence-corrected chi connectivity index (χ0v) is 15.4. The highest BCUT2D eigenvalue weighted by molar-refractivity contribution is 5.85. The fraction of sp³-hybridized carbons (Fsp3) is 0.429. The van der Waals surface area contributed by atoms with Gasteiger partial charge in [-0.1, -0.05) is 30.3 Å². The van der Waals surface area contributed by atoms with Crippen molar-refractivity contribution >= 4 is 22.4 Å². The van der Waals surface area contributed by atoms with Crippen molar-refractivity contribution < 1.29 is 13.6 Å². The first kappa shape index (κ1) is 18.6. The first-order valence-electron chi connectivity index (χ1n) is 9.48. The van der Waals surface area contributed by atoms with E-state index in [1.807, 2.05) is 29.2 Å². The molecule has 4 rings (SSSR count). The molecule has 0 radical (unpaired) electrons. The lowest BCUT2D eigenvalue weighted by atomic mass is 10.1. The molecule has 2 aromatic carbocycles. The molecular weight excluding hydrogens is 362 g/mol. The van der Waals surface area contributed by atoms with E-state index < -0.39 is 30.8 Å². The Labute approximate surface area is 162 Å². The van der Waals surface area contributed by atoms with Gasteiger partial charge in [0.1, 0.15) is 6.04 Å². The number of hydrogen-bond acceptors (Lipinski definition) is 4. The van der Waals surface area contributed by atoms with Crippen molar-refractivity contribution in [1.29, 1.82) is 5.26 Å². The number of benzene rings is 2. The Morgan fingerprint density at radius 1 is 1.25 bits per heavy atom. The van der Waals surface area contributed by atoms with Gasteiger partial charge < -0.3 is 10.2 Å². The quantitative estimate of drug-likeness (QED) is 0.880. The van der Waals surface area contributed by atoms with Gasteiger partial charge in [0.15, 0.2) is 0 Å². The number of amides is 1. The van der Waals surface area contributed by atoms with E-state index in [1.165, 1.54) is 5.39 Å². The number of nitriles is 1. The molecule has 7 heteroatoms. The van der Waals surface area contributed by atoms with Gasteiger partial charge in [-0.2, -0.15) is 5.26 Å². The molecule has 2 atom stereocenters. The maximum Gasteiger partial charge on any atom is 0.268 e. The van der Waals surface area contributed by atoms with Crippen LogP contribution in [0.5, 0.6) is 0 Å². The third-order valence-electron chi connectivity index (χ3n) is 5.49. The minimum atomic E-state index is -2.97. The Kier molecular flexibility index (Phi) is 4.90. The largest absolute Gasteiger partial charge is 0.381 e. The zero-order valence-electron chi connectivity index (χ0n) is 15.4. The van der Waals surface area contributed by atoms with Crippen molar-refractivity contribution in [3.63, 3.8) is 0 Å². The van der Waals surface area contributed by atoms with E-state index in [0.717, 1.165) is 28.9 Å². The molecule has 0 aliphatic carbocycles. The predicted molar refractivity (Wildman–Crippen MR) is 103 cm³/mol. The van der Waals surface area contributed by atoms with Crippen molar-refractivity contribution in [2.45, 2.75) is 30.8 Å². The number of alkyl halides is 2. The van der Waals surface area contributed by atoms with Crippen molar-refractivity contribution in [3.05, 3.63) is 42.5 Å². The number of carbonyl (C=O) groups excluding carboxylic acids is 1. The molecule has 0 aromatic heterocycles. The number of nitrogens with zero attached hydrogens (tertiary/aromatic N) is 3. The van der Waals surface area contributed by atoms with Gasteiger partial charge >= 0.3 is 0 Å². The summed E-state index contributed by atoms with van der Waals surface area (Å²) in [5, 5.41) is 14.9. The zero-order chi connectivity index (χ0) is 19.7. The number of anilines is 1. The minimum Gasteiger partial charge on any atom is -0.381 e. The molecule has 2 saturated heterocycles. The number of carbonyl (C=O) groups is 1. The Morgan fingerprint density at radius 2 is 2.04 bits per heavy atom. The average Bonchev–Trinajstić information content (AvgIpc) is 3.24.